The summed E-state index contributed by atoms with van der Waals surface area (Å²) in [6.07, 6.45) is 1.95. The van der Waals surface area contributed by atoms with E-state index in [-0.39, 0.29) is 0 Å². The van der Waals surface area contributed by atoms with Crippen molar-refractivity contribution in [2.45, 2.75) is 45.2 Å². The van der Waals surface area contributed by atoms with Crippen LogP contribution >= 0.6 is 0 Å². The van der Waals surface area contributed by atoms with Crippen LogP contribution in [0.3, 0.4) is 0 Å². The smallest absolute Gasteiger partial charge is 0.331 e. The fourth-order valence-corrected chi connectivity index (χ4v) is 2.00. The van der Waals surface area contributed by atoms with Crippen LogP contribution in [0.5, 0.6) is 0 Å². The van der Waals surface area contributed by atoms with E-state index in [4.69, 9.17) is 5.11 Å². The van der Waals surface area contributed by atoms with Gasteiger partial charge in [-0.15, -0.1) is 0 Å². The number of nitrogens with zero attached hydrogens (tertiary/aromatic N) is 1. The van der Waals surface area contributed by atoms with Crippen LogP contribution in [0.15, 0.2) is 11.6 Å². The van der Waals surface area contributed by atoms with Crippen molar-refractivity contribution in [3.8, 4) is 0 Å². The number of carboxylic acids is 1. The van der Waals surface area contributed by atoms with E-state index in [1.54, 1.807) is 19.9 Å². The molecule has 0 saturated carbocycles. The molecule has 80 valence electrons. The largest absolute Gasteiger partial charge is 0.478 e. The summed E-state index contributed by atoms with van der Waals surface area (Å²) in [7, 11) is 0. The summed E-state index contributed by atoms with van der Waals surface area (Å²) in [4.78, 5) is 10.9. The molecule has 4 heteroatoms. The molecule has 0 atom stereocenters. The normalized spacial score (nSPS) is 25.6. The van der Waals surface area contributed by atoms with E-state index in [9.17, 15) is 10.0 Å². The topological polar surface area (TPSA) is 60.8 Å². The average Bonchev–Trinajstić information content (AvgIpc) is 1.98. The van der Waals surface area contributed by atoms with Gasteiger partial charge in [-0.05, 0) is 34.1 Å². The highest BCUT2D eigenvalue weighted by atomic mass is 16.5. The van der Waals surface area contributed by atoms with Crippen LogP contribution in [0.1, 0.15) is 34.1 Å². The molecule has 0 spiro atoms. The molecule has 1 aliphatic heterocycles. The molecule has 1 rings (SSSR count). The number of rotatable bonds is 1. The zero-order chi connectivity index (χ0) is 11.1. The number of hydroxylamine groups is 2. The maximum atomic E-state index is 10.9. The predicted molar refractivity (Wildman–Crippen MR) is 52.1 cm³/mol. The molecular formula is C10H17NO3. The first-order valence-electron chi connectivity index (χ1n) is 4.61. The highest BCUT2D eigenvalue weighted by molar-refractivity contribution is 5.87. The fraction of sp³-hybridized carbons (Fsp3) is 0.700. The molecule has 1 heterocycles. The van der Waals surface area contributed by atoms with Gasteiger partial charge < -0.3 is 10.3 Å². The number of aliphatic carboxylic acids is 1. The minimum Gasteiger partial charge on any atom is -0.478 e. The van der Waals surface area contributed by atoms with E-state index in [0.717, 1.165) is 0 Å². The van der Waals surface area contributed by atoms with Crippen molar-refractivity contribution >= 4 is 5.97 Å². The van der Waals surface area contributed by atoms with Crippen LogP contribution in [0.25, 0.3) is 0 Å². The average molecular weight is 199 g/mol. The first-order valence-corrected chi connectivity index (χ1v) is 4.61. The van der Waals surface area contributed by atoms with E-state index >= 15 is 0 Å². The molecule has 0 amide bonds. The lowest BCUT2D eigenvalue weighted by molar-refractivity contribution is -0.214. The SMILES string of the molecule is CC1(C)C=C(C(=O)O)CC(C)(C)N1O. The van der Waals surface area contributed by atoms with Gasteiger partial charge in [-0.25, -0.2) is 4.79 Å². The Kier molecular flexibility index (Phi) is 2.46. The summed E-state index contributed by atoms with van der Waals surface area (Å²) < 4.78 is 0. The minimum absolute atomic E-state index is 0.349. The van der Waals surface area contributed by atoms with E-state index in [2.05, 4.69) is 0 Å². The highest BCUT2D eigenvalue weighted by Gasteiger charge is 2.41. The maximum absolute atomic E-state index is 10.9. The Morgan fingerprint density at radius 2 is 1.93 bits per heavy atom. The van der Waals surface area contributed by atoms with Crippen LogP contribution in [0, 0.1) is 0 Å². The van der Waals surface area contributed by atoms with Crippen LogP contribution in [-0.2, 0) is 4.79 Å². The summed E-state index contributed by atoms with van der Waals surface area (Å²) in [5, 5.41) is 20.0. The Bertz CT molecular complexity index is 292. The van der Waals surface area contributed by atoms with Crippen LogP contribution in [0.4, 0.5) is 0 Å². The predicted octanol–water partition coefficient (Wildman–Crippen LogP) is 1.65. The third-order valence-corrected chi connectivity index (χ3v) is 2.54. The van der Waals surface area contributed by atoms with Crippen LogP contribution in [0.2, 0.25) is 0 Å². The summed E-state index contributed by atoms with van der Waals surface area (Å²) in [5.41, 5.74) is -0.799. The lowest BCUT2D eigenvalue weighted by Crippen LogP contribution is -2.56. The number of carbonyl (C=O) groups is 1. The van der Waals surface area contributed by atoms with Crippen molar-refractivity contribution in [1.29, 1.82) is 0 Å². The third-order valence-electron chi connectivity index (χ3n) is 2.54. The van der Waals surface area contributed by atoms with E-state index in [1.807, 2.05) is 13.8 Å². The van der Waals surface area contributed by atoms with E-state index in [1.165, 1.54) is 5.06 Å². The lowest BCUT2D eigenvalue weighted by atomic mass is 9.83. The van der Waals surface area contributed by atoms with Gasteiger partial charge in [-0.1, -0.05) is 6.08 Å². The summed E-state index contributed by atoms with van der Waals surface area (Å²) in [5.74, 6) is -0.903. The van der Waals surface area contributed by atoms with Gasteiger partial charge in [0.2, 0.25) is 0 Å². The van der Waals surface area contributed by atoms with Gasteiger partial charge in [-0.2, -0.15) is 5.06 Å². The van der Waals surface area contributed by atoms with Gasteiger partial charge in [0, 0.05) is 11.1 Å². The standard InChI is InChI=1S/C10H17NO3/c1-9(2)5-7(8(12)13)6-10(3,4)11(9)14/h5,14H,6H2,1-4H3,(H,12,13). The van der Waals surface area contributed by atoms with Crippen molar-refractivity contribution in [2.75, 3.05) is 0 Å². The summed E-state index contributed by atoms with van der Waals surface area (Å²) in [6, 6.07) is 0. The highest BCUT2D eigenvalue weighted by Crippen LogP contribution is 2.35. The molecule has 0 aliphatic carbocycles. The van der Waals surface area contributed by atoms with Gasteiger partial charge in [-0.3, -0.25) is 0 Å². The van der Waals surface area contributed by atoms with Crippen molar-refractivity contribution in [2.24, 2.45) is 0 Å². The molecule has 0 unspecified atom stereocenters. The first kappa shape index (κ1) is 11.2. The molecule has 4 nitrogen and oxygen atoms in total. The monoisotopic (exact) mass is 199 g/mol. The molecule has 2 N–H and O–H groups in total. The van der Waals surface area contributed by atoms with E-state index in [0.29, 0.717) is 12.0 Å². The molecule has 0 fully saturated rings. The van der Waals surface area contributed by atoms with Gasteiger partial charge in [0.25, 0.3) is 0 Å². The van der Waals surface area contributed by atoms with Gasteiger partial charge in [0.1, 0.15) is 0 Å². The molecule has 0 radical (unpaired) electrons. The second kappa shape index (κ2) is 3.07. The number of hydrogen-bond donors (Lipinski definition) is 2. The molecule has 14 heavy (non-hydrogen) atoms. The van der Waals surface area contributed by atoms with Crippen molar-refractivity contribution in [3.05, 3.63) is 11.6 Å². The van der Waals surface area contributed by atoms with Crippen molar-refractivity contribution in [3.63, 3.8) is 0 Å². The summed E-state index contributed by atoms with van der Waals surface area (Å²) in [6.45, 7) is 7.23. The molecule has 0 bridgehead atoms. The molecule has 0 aromatic carbocycles. The Hall–Kier alpha value is -0.870. The zero-order valence-electron chi connectivity index (χ0n) is 9.03. The van der Waals surface area contributed by atoms with Crippen molar-refractivity contribution < 1.29 is 15.1 Å². The molecule has 0 aromatic heterocycles. The number of carboxylic acid groups (broad SMARTS) is 1. The summed E-state index contributed by atoms with van der Waals surface area (Å²) >= 11 is 0. The Labute approximate surface area is 83.8 Å². The zero-order valence-corrected chi connectivity index (χ0v) is 9.03. The maximum Gasteiger partial charge on any atom is 0.331 e. The number of hydrogen-bond acceptors (Lipinski definition) is 3. The van der Waals surface area contributed by atoms with Crippen LogP contribution < -0.4 is 0 Å². The lowest BCUT2D eigenvalue weighted by Gasteiger charge is -2.46. The van der Waals surface area contributed by atoms with E-state index < -0.39 is 17.0 Å². The Morgan fingerprint density at radius 1 is 1.43 bits per heavy atom. The van der Waals surface area contributed by atoms with Gasteiger partial charge in [0.05, 0.1) is 5.54 Å². The second-order valence-electron chi connectivity index (χ2n) is 4.93. The third kappa shape index (κ3) is 1.81. The molecule has 1 aliphatic rings. The van der Waals surface area contributed by atoms with Gasteiger partial charge >= 0.3 is 5.97 Å². The quantitative estimate of drug-likeness (QED) is 0.674. The second-order valence-corrected chi connectivity index (χ2v) is 4.93. The molecular weight excluding hydrogens is 182 g/mol. The first-order chi connectivity index (χ1) is 6.17. The molecule has 0 saturated heterocycles. The Balaban J connectivity index is 3.12. The minimum atomic E-state index is -0.903. The van der Waals surface area contributed by atoms with Crippen molar-refractivity contribution in [1.82, 2.24) is 5.06 Å². The molecule has 0 aromatic rings. The van der Waals surface area contributed by atoms with Crippen LogP contribution in [-0.4, -0.2) is 32.4 Å². The Morgan fingerprint density at radius 3 is 2.29 bits per heavy atom. The fourth-order valence-electron chi connectivity index (χ4n) is 2.00. The van der Waals surface area contributed by atoms with Gasteiger partial charge in [0.15, 0.2) is 0 Å².